The van der Waals surface area contributed by atoms with Gasteiger partial charge in [0.1, 0.15) is 6.61 Å². The van der Waals surface area contributed by atoms with Gasteiger partial charge in [0.2, 0.25) is 0 Å². The van der Waals surface area contributed by atoms with Crippen LogP contribution in [0.15, 0.2) is 48.5 Å². The van der Waals surface area contributed by atoms with Crippen LogP contribution in [0.25, 0.3) is 0 Å². The number of ether oxygens (including phenoxy) is 1. The number of hydrogen-bond donors (Lipinski definition) is 1. The van der Waals surface area contributed by atoms with Crippen molar-refractivity contribution < 1.29 is 9.53 Å². The third kappa shape index (κ3) is 3.11. The van der Waals surface area contributed by atoms with E-state index < -0.39 is 5.97 Å². The lowest BCUT2D eigenvalue weighted by Gasteiger charge is -2.07. The van der Waals surface area contributed by atoms with Gasteiger partial charge in [0.05, 0.1) is 17.2 Å². The first-order valence-electron chi connectivity index (χ1n) is 5.71. The zero-order chi connectivity index (χ0) is 13.7. The highest BCUT2D eigenvalue weighted by Gasteiger charge is 2.12. The van der Waals surface area contributed by atoms with E-state index in [0.29, 0.717) is 11.3 Å². The molecule has 0 fully saturated rings. The first-order chi connectivity index (χ1) is 9.20. The summed E-state index contributed by atoms with van der Waals surface area (Å²) in [5.74, 6) is -0.529. The van der Waals surface area contributed by atoms with Crippen LogP contribution < -0.4 is 5.73 Å². The van der Waals surface area contributed by atoms with Crippen molar-refractivity contribution in [3.63, 3.8) is 0 Å². The summed E-state index contributed by atoms with van der Waals surface area (Å²) in [4.78, 5) is 11.9. The molecule has 0 atom stereocenters. The van der Waals surface area contributed by atoms with Crippen LogP contribution in [0.5, 0.6) is 0 Å². The number of carbonyl (C=O) groups excluding carboxylic acids is 1. The summed E-state index contributed by atoms with van der Waals surface area (Å²) in [7, 11) is 0. The zero-order valence-electron chi connectivity index (χ0n) is 10.2. The van der Waals surface area contributed by atoms with Gasteiger partial charge in [0.15, 0.2) is 0 Å². The third-order valence-corrected chi connectivity index (χ3v) is 2.62. The SMILES string of the molecule is N#Cc1ccc(N)c(C(=O)OCc2ccccc2)c1. The Morgan fingerprint density at radius 1 is 1.21 bits per heavy atom. The number of anilines is 1. The second kappa shape index (κ2) is 5.69. The number of carbonyl (C=O) groups is 1. The van der Waals surface area contributed by atoms with Gasteiger partial charge in [0, 0.05) is 5.69 Å². The van der Waals surface area contributed by atoms with Crippen molar-refractivity contribution >= 4 is 11.7 Å². The van der Waals surface area contributed by atoms with Crippen LogP contribution in [0.1, 0.15) is 21.5 Å². The summed E-state index contributed by atoms with van der Waals surface area (Å²) < 4.78 is 5.17. The Kier molecular flexibility index (Phi) is 3.79. The molecule has 94 valence electrons. The van der Waals surface area contributed by atoms with Gasteiger partial charge in [-0.3, -0.25) is 0 Å². The van der Waals surface area contributed by atoms with Crippen molar-refractivity contribution in [1.29, 1.82) is 5.26 Å². The average Bonchev–Trinajstić information content (AvgIpc) is 2.46. The van der Waals surface area contributed by atoms with Gasteiger partial charge in [0.25, 0.3) is 0 Å². The van der Waals surface area contributed by atoms with Crippen molar-refractivity contribution in [2.24, 2.45) is 0 Å². The maximum atomic E-state index is 11.9. The molecule has 4 heteroatoms. The van der Waals surface area contributed by atoms with Crippen LogP contribution in [0.2, 0.25) is 0 Å². The largest absolute Gasteiger partial charge is 0.457 e. The molecule has 0 aromatic heterocycles. The lowest BCUT2D eigenvalue weighted by atomic mass is 10.1. The summed E-state index contributed by atoms with van der Waals surface area (Å²) >= 11 is 0. The van der Waals surface area contributed by atoms with E-state index in [1.165, 1.54) is 12.1 Å². The molecule has 0 saturated carbocycles. The molecular formula is C15H12N2O2. The van der Waals surface area contributed by atoms with Crippen LogP contribution in [-0.2, 0) is 11.3 Å². The quantitative estimate of drug-likeness (QED) is 0.672. The summed E-state index contributed by atoms with van der Waals surface area (Å²) in [6, 6.07) is 15.8. The van der Waals surface area contributed by atoms with E-state index >= 15 is 0 Å². The van der Waals surface area contributed by atoms with Gasteiger partial charge in [-0.1, -0.05) is 30.3 Å². The Labute approximate surface area is 111 Å². The number of nitriles is 1. The Morgan fingerprint density at radius 3 is 2.63 bits per heavy atom. The first-order valence-corrected chi connectivity index (χ1v) is 5.71. The fourth-order valence-corrected chi connectivity index (χ4v) is 1.60. The molecule has 0 aliphatic carbocycles. The van der Waals surface area contributed by atoms with Gasteiger partial charge < -0.3 is 10.5 Å². The molecule has 0 saturated heterocycles. The van der Waals surface area contributed by atoms with E-state index in [2.05, 4.69) is 0 Å². The molecule has 2 aromatic rings. The number of nitrogens with zero attached hydrogens (tertiary/aromatic N) is 1. The van der Waals surface area contributed by atoms with Crippen LogP contribution >= 0.6 is 0 Å². The molecule has 0 aliphatic heterocycles. The normalized spacial score (nSPS) is 9.63. The van der Waals surface area contributed by atoms with Gasteiger partial charge >= 0.3 is 5.97 Å². The monoisotopic (exact) mass is 252 g/mol. The predicted octanol–water partition coefficient (Wildman–Crippen LogP) is 2.50. The van der Waals surface area contributed by atoms with Crippen LogP contribution in [-0.4, -0.2) is 5.97 Å². The molecule has 0 radical (unpaired) electrons. The van der Waals surface area contributed by atoms with Gasteiger partial charge in [-0.25, -0.2) is 4.79 Å². The Bertz CT molecular complexity index is 630. The second-order valence-electron chi connectivity index (χ2n) is 3.98. The summed E-state index contributed by atoms with van der Waals surface area (Å²) in [6.45, 7) is 0.176. The number of hydrogen-bond acceptors (Lipinski definition) is 4. The Balaban J connectivity index is 2.10. The van der Waals surface area contributed by atoms with E-state index in [-0.39, 0.29) is 12.2 Å². The van der Waals surface area contributed by atoms with E-state index in [4.69, 9.17) is 15.7 Å². The predicted molar refractivity (Wildman–Crippen MR) is 71.1 cm³/mol. The van der Waals surface area contributed by atoms with Crippen molar-refractivity contribution in [2.75, 3.05) is 5.73 Å². The zero-order valence-corrected chi connectivity index (χ0v) is 10.2. The molecule has 2 rings (SSSR count). The number of rotatable bonds is 3. The van der Waals surface area contributed by atoms with Gasteiger partial charge in [-0.15, -0.1) is 0 Å². The van der Waals surface area contributed by atoms with E-state index in [1.807, 2.05) is 36.4 Å². The molecule has 0 aliphatic rings. The third-order valence-electron chi connectivity index (χ3n) is 2.62. The number of esters is 1. The lowest BCUT2D eigenvalue weighted by Crippen LogP contribution is -2.08. The van der Waals surface area contributed by atoms with E-state index in [0.717, 1.165) is 5.56 Å². The highest BCUT2D eigenvalue weighted by molar-refractivity contribution is 5.95. The molecule has 0 heterocycles. The molecule has 0 unspecified atom stereocenters. The maximum absolute atomic E-state index is 11.9. The van der Waals surface area contributed by atoms with Crippen molar-refractivity contribution in [3.05, 3.63) is 65.2 Å². The topological polar surface area (TPSA) is 76.1 Å². The molecule has 0 amide bonds. The minimum atomic E-state index is -0.529. The molecule has 0 bridgehead atoms. The minimum absolute atomic E-state index is 0.176. The van der Waals surface area contributed by atoms with Crippen LogP contribution in [0, 0.1) is 11.3 Å². The van der Waals surface area contributed by atoms with Crippen molar-refractivity contribution in [2.45, 2.75) is 6.61 Å². The molecular weight excluding hydrogens is 240 g/mol. The van der Waals surface area contributed by atoms with E-state index in [1.54, 1.807) is 6.07 Å². The Hall–Kier alpha value is -2.80. The Morgan fingerprint density at radius 2 is 1.95 bits per heavy atom. The number of nitrogen functional groups attached to an aromatic ring is 1. The van der Waals surface area contributed by atoms with E-state index in [9.17, 15) is 4.79 Å². The highest BCUT2D eigenvalue weighted by Crippen LogP contribution is 2.15. The second-order valence-corrected chi connectivity index (χ2v) is 3.98. The smallest absolute Gasteiger partial charge is 0.340 e. The molecule has 19 heavy (non-hydrogen) atoms. The highest BCUT2D eigenvalue weighted by atomic mass is 16.5. The van der Waals surface area contributed by atoms with Crippen molar-refractivity contribution in [3.8, 4) is 6.07 Å². The maximum Gasteiger partial charge on any atom is 0.340 e. The summed E-state index contributed by atoms with van der Waals surface area (Å²) in [6.07, 6.45) is 0. The standard InChI is InChI=1S/C15H12N2O2/c16-9-12-6-7-14(17)13(8-12)15(18)19-10-11-4-2-1-3-5-11/h1-8H,10,17H2. The summed E-state index contributed by atoms with van der Waals surface area (Å²) in [5, 5.41) is 8.80. The van der Waals surface area contributed by atoms with Gasteiger partial charge in [-0.05, 0) is 23.8 Å². The van der Waals surface area contributed by atoms with Gasteiger partial charge in [-0.2, -0.15) is 5.26 Å². The van der Waals surface area contributed by atoms with Crippen molar-refractivity contribution in [1.82, 2.24) is 0 Å². The lowest BCUT2D eigenvalue weighted by molar-refractivity contribution is 0.0474. The minimum Gasteiger partial charge on any atom is -0.457 e. The van der Waals surface area contributed by atoms with Crippen LogP contribution in [0.4, 0.5) is 5.69 Å². The molecule has 2 N–H and O–H groups in total. The molecule has 0 spiro atoms. The first kappa shape index (κ1) is 12.7. The summed E-state index contributed by atoms with van der Waals surface area (Å²) in [5.41, 5.74) is 7.49. The number of benzene rings is 2. The number of nitrogens with two attached hydrogens (primary N) is 1. The fourth-order valence-electron chi connectivity index (χ4n) is 1.60. The molecule has 4 nitrogen and oxygen atoms in total. The van der Waals surface area contributed by atoms with Crippen LogP contribution in [0.3, 0.4) is 0 Å². The average molecular weight is 252 g/mol. The fraction of sp³-hybridized carbons (Fsp3) is 0.0667. The molecule has 2 aromatic carbocycles.